The average molecular weight is 229 g/mol. The predicted octanol–water partition coefficient (Wildman–Crippen LogP) is 0.962. The van der Waals surface area contributed by atoms with Gasteiger partial charge in [-0.05, 0) is 26.8 Å². The quantitative estimate of drug-likeness (QED) is 0.619. The maximum absolute atomic E-state index is 11.5. The van der Waals surface area contributed by atoms with E-state index in [9.17, 15) is 4.79 Å². The molecule has 4 heteroatoms. The summed E-state index contributed by atoms with van der Waals surface area (Å²) in [6, 6.07) is 0.228. The molecule has 0 aromatic carbocycles. The topological polar surface area (TPSA) is 58.4 Å². The van der Waals surface area contributed by atoms with Crippen molar-refractivity contribution in [1.29, 1.82) is 0 Å². The van der Waals surface area contributed by atoms with E-state index in [0.29, 0.717) is 13.0 Å². The number of rotatable bonds is 9. The Hall–Kier alpha value is -0.610. The molecule has 0 aliphatic heterocycles. The van der Waals surface area contributed by atoms with Crippen LogP contribution in [-0.4, -0.2) is 43.0 Å². The maximum Gasteiger partial charge on any atom is 0.221 e. The molecule has 0 radical (unpaired) electrons. The van der Waals surface area contributed by atoms with E-state index in [0.717, 1.165) is 19.6 Å². The molecule has 0 fully saturated rings. The van der Waals surface area contributed by atoms with Gasteiger partial charge in [-0.1, -0.05) is 13.3 Å². The number of carbonyl (C=O) groups excluding carboxylic acids is 1. The lowest BCUT2D eigenvalue weighted by molar-refractivity contribution is -0.121. The van der Waals surface area contributed by atoms with Gasteiger partial charge in [0.2, 0.25) is 5.91 Å². The van der Waals surface area contributed by atoms with Gasteiger partial charge in [0.15, 0.2) is 0 Å². The largest absolute Gasteiger partial charge is 0.354 e. The van der Waals surface area contributed by atoms with Crippen molar-refractivity contribution in [3.63, 3.8) is 0 Å². The van der Waals surface area contributed by atoms with E-state index in [1.807, 2.05) is 13.8 Å². The van der Waals surface area contributed by atoms with Gasteiger partial charge < -0.3 is 16.0 Å². The van der Waals surface area contributed by atoms with Gasteiger partial charge in [-0.15, -0.1) is 0 Å². The summed E-state index contributed by atoms with van der Waals surface area (Å²) in [6.45, 7) is 9.54. The Balaban J connectivity index is 3.77. The molecule has 4 nitrogen and oxygen atoms in total. The zero-order valence-corrected chi connectivity index (χ0v) is 11.0. The molecule has 0 saturated carbocycles. The molecule has 0 aliphatic carbocycles. The minimum Gasteiger partial charge on any atom is -0.354 e. The summed E-state index contributed by atoms with van der Waals surface area (Å²) in [4.78, 5) is 13.7. The van der Waals surface area contributed by atoms with Crippen molar-refractivity contribution in [2.24, 2.45) is 5.73 Å². The molecular weight excluding hydrogens is 202 g/mol. The fraction of sp³-hybridized carbons (Fsp3) is 0.917. The normalized spacial score (nSPS) is 11.1. The first-order valence-electron chi connectivity index (χ1n) is 6.32. The van der Waals surface area contributed by atoms with Gasteiger partial charge in [0, 0.05) is 32.1 Å². The summed E-state index contributed by atoms with van der Waals surface area (Å²) in [7, 11) is 0. The SMILES string of the molecule is CCCCN(CCN)CCC(=O)NC(C)C. The molecule has 0 aliphatic rings. The first-order chi connectivity index (χ1) is 7.60. The Bertz CT molecular complexity index is 183. The van der Waals surface area contributed by atoms with E-state index < -0.39 is 0 Å². The molecule has 0 aromatic heterocycles. The van der Waals surface area contributed by atoms with Crippen LogP contribution in [0.3, 0.4) is 0 Å². The Morgan fingerprint density at radius 1 is 1.31 bits per heavy atom. The molecule has 16 heavy (non-hydrogen) atoms. The minimum absolute atomic E-state index is 0.133. The van der Waals surface area contributed by atoms with Crippen LogP contribution in [0.4, 0.5) is 0 Å². The van der Waals surface area contributed by atoms with Gasteiger partial charge in [-0.3, -0.25) is 4.79 Å². The molecule has 0 heterocycles. The minimum atomic E-state index is 0.133. The Kier molecular flexibility index (Phi) is 9.24. The van der Waals surface area contributed by atoms with Crippen LogP contribution in [0, 0.1) is 0 Å². The van der Waals surface area contributed by atoms with Gasteiger partial charge in [0.25, 0.3) is 0 Å². The maximum atomic E-state index is 11.5. The molecular formula is C12H27N3O. The van der Waals surface area contributed by atoms with Crippen LogP contribution in [0.15, 0.2) is 0 Å². The van der Waals surface area contributed by atoms with Gasteiger partial charge in [-0.25, -0.2) is 0 Å². The van der Waals surface area contributed by atoms with Gasteiger partial charge in [0.05, 0.1) is 0 Å². The number of nitrogens with one attached hydrogen (secondary N) is 1. The Morgan fingerprint density at radius 2 is 2.00 bits per heavy atom. The van der Waals surface area contributed by atoms with E-state index in [-0.39, 0.29) is 11.9 Å². The lowest BCUT2D eigenvalue weighted by atomic mass is 10.2. The van der Waals surface area contributed by atoms with E-state index in [2.05, 4.69) is 17.1 Å². The zero-order valence-electron chi connectivity index (χ0n) is 11.0. The second kappa shape index (κ2) is 9.60. The van der Waals surface area contributed by atoms with Crippen LogP contribution in [0.25, 0.3) is 0 Å². The second-order valence-corrected chi connectivity index (χ2v) is 4.46. The Morgan fingerprint density at radius 3 is 2.50 bits per heavy atom. The first-order valence-corrected chi connectivity index (χ1v) is 6.32. The van der Waals surface area contributed by atoms with Crippen LogP contribution in [0.5, 0.6) is 0 Å². The molecule has 0 atom stereocenters. The number of hydrogen-bond donors (Lipinski definition) is 2. The van der Waals surface area contributed by atoms with E-state index in [1.54, 1.807) is 0 Å². The number of unbranched alkanes of at least 4 members (excludes halogenated alkanes) is 1. The van der Waals surface area contributed by atoms with Crippen molar-refractivity contribution in [2.45, 2.75) is 46.1 Å². The lowest BCUT2D eigenvalue weighted by Gasteiger charge is -2.21. The molecule has 0 aromatic rings. The fourth-order valence-electron chi connectivity index (χ4n) is 1.55. The van der Waals surface area contributed by atoms with Crippen LogP contribution in [0.1, 0.15) is 40.0 Å². The second-order valence-electron chi connectivity index (χ2n) is 4.46. The van der Waals surface area contributed by atoms with E-state index >= 15 is 0 Å². The van der Waals surface area contributed by atoms with E-state index in [4.69, 9.17) is 5.73 Å². The molecule has 1 amide bonds. The summed E-state index contributed by atoms with van der Waals surface area (Å²) < 4.78 is 0. The highest BCUT2D eigenvalue weighted by Gasteiger charge is 2.07. The van der Waals surface area contributed by atoms with Crippen LogP contribution < -0.4 is 11.1 Å². The molecule has 96 valence electrons. The van der Waals surface area contributed by atoms with Crippen LogP contribution in [-0.2, 0) is 4.79 Å². The molecule has 0 unspecified atom stereocenters. The average Bonchev–Trinajstić information content (AvgIpc) is 2.21. The van der Waals surface area contributed by atoms with E-state index in [1.165, 1.54) is 12.8 Å². The zero-order chi connectivity index (χ0) is 12.4. The smallest absolute Gasteiger partial charge is 0.221 e. The van der Waals surface area contributed by atoms with Crippen molar-refractivity contribution in [3.05, 3.63) is 0 Å². The molecule has 3 N–H and O–H groups in total. The summed E-state index contributed by atoms with van der Waals surface area (Å²) in [5.41, 5.74) is 5.55. The number of carbonyl (C=O) groups is 1. The number of nitrogens with zero attached hydrogens (tertiary/aromatic N) is 1. The van der Waals surface area contributed by atoms with Gasteiger partial charge in [-0.2, -0.15) is 0 Å². The van der Waals surface area contributed by atoms with Crippen LogP contribution in [0.2, 0.25) is 0 Å². The first kappa shape index (κ1) is 15.4. The fourth-order valence-corrected chi connectivity index (χ4v) is 1.55. The van der Waals surface area contributed by atoms with Crippen molar-refractivity contribution in [1.82, 2.24) is 10.2 Å². The Labute approximate surface area is 99.6 Å². The monoisotopic (exact) mass is 229 g/mol. The molecule has 0 rings (SSSR count). The lowest BCUT2D eigenvalue weighted by Crippen LogP contribution is -2.36. The van der Waals surface area contributed by atoms with Gasteiger partial charge in [0.1, 0.15) is 0 Å². The third-order valence-electron chi connectivity index (χ3n) is 2.38. The number of hydrogen-bond acceptors (Lipinski definition) is 3. The van der Waals surface area contributed by atoms with Crippen molar-refractivity contribution in [2.75, 3.05) is 26.2 Å². The molecule has 0 saturated heterocycles. The predicted molar refractivity (Wildman–Crippen MR) is 68.3 cm³/mol. The summed E-state index contributed by atoms with van der Waals surface area (Å²) in [5.74, 6) is 0.133. The third-order valence-corrected chi connectivity index (χ3v) is 2.38. The number of amides is 1. The third kappa shape index (κ3) is 8.68. The highest BCUT2D eigenvalue weighted by atomic mass is 16.1. The molecule has 0 bridgehead atoms. The highest BCUT2D eigenvalue weighted by Crippen LogP contribution is 1.96. The number of nitrogens with two attached hydrogens (primary N) is 1. The summed E-state index contributed by atoms with van der Waals surface area (Å²) >= 11 is 0. The van der Waals surface area contributed by atoms with Crippen LogP contribution >= 0.6 is 0 Å². The van der Waals surface area contributed by atoms with Crippen molar-refractivity contribution in [3.8, 4) is 0 Å². The molecule has 0 spiro atoms. The van der Waals surface area contributed by atoms with Crippen molar-refractivity contribution < 1.29 is 4.79 Å². The summed E-state index contributed by atoms with van der Waals surface area (Å²) in [5, 5.41) is 2.90. The highest BCUT2D eigenvalue weighted by molar-refractivity contribution is 5.76. The van der Waals surface area contributed by atoms with Gasteiger partial charge >= 0.3 is 0 Å². The summed E-state index contributed by atoms with van der Waals surface area (Å²) in [6.07, 6.45) is 2.92. The van der Waals surface area contributed by atoms with Crippen molar-refractivity contribution >= 4 is 5.91 Å². The standard InChI is InChI=1S/C12H27N3O/c1-4-5-8-15(10-7-13)9-6-12(16)14-11(2)3/h11H,4-10,13H2,1-3H3,(H,14,16).